The Morgan fingerprint density at radius 1 is 1.17 bits per heavy atom. The maximum atomic E-state index is 3.97. The maximum absolute atomic E-state index is 3.97. The van der Waals surface area contributed by atoms with Gasteiger partial charge in [-0.05, 0) is 24.3 Å². The first-order chi connectivity index (χ1) is 5.86. The second-order valence-corrected chi connectivity index (χ2v) is 3.36. The molecule has 0 fully saturated rings. The molecular formula is C9H7BrN2+. The molecule has 0 saturated carbocycles. The largest absolute Gasteiger partial charge is 0.291 e. The van der Waals surface area contributed by atoms with Gasteiger partial charge in [0.25, 0.3) is 6.34 Å². The molecule has 3 heteroatoms. The van der Waals surface area contributed by atoms with Gasteiger partial charge >= 0.3 is 0 Å². The minimum Gasteiger partial charge on any atom is -0.199 e. The van der Waals surface area contributed by atoms with Crippen molar-refractivity contribution < 1.29 is 0 Å². The standard InChI is InChI=1S/C9H7BrN2/c10-8-1-3-9(4-2-8)12-6-5-11-7-12/h1-7H/q+1. The fourth-order valence-electron chi connectivity index (χ4n) is 1.03. The Labute approximate surface area is 79.4 Å². The fourth-order valence-corrected chi connectivity index (χ4v) is 1.29. The van der Waals surface area contributed by atoms with Crippen molar-refractivity contribution in [1.29, 1.82) is 0 Å². The van der Waals surface area contributed by atoms with E-state index in [4.69, 9.17) is 0 Å². The molecule has 59 valence electrons. The number of halogens is 1. The van der Waals surface area contributed by atoms with Crippen LogP contribution in [0.1, 0.15) is 0 Å². The lowest BCUT2D eigenvalue weighted by Gasteiger charge is -2.01. The molecule has 0 atom stereocenters. The van der Waals surface area contributed by atoms with Crippen molar-refractivity contribution in [2.45, 2.75) is 0 Å². The summed E-state index contributed by atoms with van der Waals surface area (Å²) in [6.45, 7) is 0. The third kappa shape index (κ3) is 1.41. The van der Waals surface area contributed by atoms with Crippen molar-refractivity contribution in [3.05, 3.63) is 41.1 Å². The Morgan fingerprint density at radius 2 is 1.92 bits per heavy atom. The minimum absolute atomic E-state index is 1.09. The van der Waals surface area contributed by atoms with Crippen molar-refractivity contribution >= 4 is 28.0 Å². The number of benzene rings is 1. The van der Waals surface area contributed by atoms with Crippen LogP contribution >= 0.6 is 15.9 Å². The lowest BCUT2D eigenvalue weighted by molar-refractivity contribution is 1.41. The van der Waals surface area contributed by atoms with Crippen LogP contribution in [-0.4, -0.2) is 6.34 Å². The van der Waals surface area contributed by atoms with Gasteiger partial charge in [0.1, 0.15) is 11.9 Å². The maximum Gasteiger partial charge on any atom is 0.291 e. The van der Waals surface area contributed by atoms with Gasteiger partial charge in [-0.1, -0.05) is 20.9 Å². The fraction of sp³-hybridized carbons (Fsp3) is 0. The Balaban J connectivity index is 2.29. The lowest BCUT2D eigenvalue weighted by Crippen LogP contribution is -2.10. The second-order valence-electron chi connectivity index (χ2n) is 2.45. The van der Waals surface area contributed by atoms with Crippen LogP contribution in [-0.2, 0) is 0 Å². The van der Waals surface area contributed by atoms with Gasteiger partial charge in [-0.2, -0.15) is 4.90 Å². The minimum atomic E-state index is 1.09. The summed E-state index contributed by atoms with van der Waals surface area (Å²) in [5.74, 6) is 0. The van der Waals surface area contributed by atoms with Gasteiger partial charge in [0.05, 0.1) is 0 Å². The first kappa shape index (κ1) is 7.55. The van der Waals surface area contributed by atoms with Crippen LogP contribution in [0.15, 0.2) is 41.1 Å². The van der Waals surface area contributed by atoms with E-state index in [0.717, 1.165) is 10.2 Å². The summed E-state index contributed by atoms with van der Waals surface area (Å²) < 4.78 is 1.09. The van der Waals surface area contributed by atoms with Crippen LogP contribution in [0.2, 0.25) is 0 Å². The predicted octanol–water partition coefficient (Wildman–Crippen LogP) is 2.10. The highest BCUT2D eigenvalue weighted by molar-refractivity contribution is 9.10. The zero-order valence-corrected chi connectivity index (χ0v) is 7.90. The molecule has 1 aliphatic heterocycles. The van der Waals surface area contributed by atoms with E-state index >= 15 is 0 Å². The topological polar surface area (TPSA) is 17.3 Å². The van der Waals surface area contributed by atoms with Gasteiger partial charge in [-0.15, -0.1) is 0 Å². The molecule has 1 radical (unpaired) electrons. The molecule has 0 aromatic heterocycles. The van der Waals surface area contributed by atoms with E-state index in [0.29, 0.717) is 0 Å². The van der Waals surface area contributed by atoms with E-state index in [1.54, 1.807) is 12.5 Å². The summed E-state index contributed by atoms with van der Waals surface area (Å²) in [5, 5.41) is 0. The van der Waals surface area contributed by atoms with Gasteiger partial charge in [-0.3, -0.25) is 0 Å². The van der Waals surface area contributed by atoms with Gasteiger partial charge < -0.3 is 0 Å². The molecule has 0 saturated heterocycles. The Kier molecular flexibility index (Phi) is 1.96. The van der Waals surface area contributed by atoms with Crippen LogP contribution in [0.25, 0.3) is 0 Å². The molecule has 2 rings (SSSR count). The summed E-state index contributed by atoms with van der Waals surface area (Å²) in [4.78, 5) is 5.94. The summed E-state index contributed by atoms with van der Waals surface area (Å²) in [7, 11) is 0. The van der Waals surface area contributed by atoms with Crippen molar-refractivity contribution in [2.75, 3.05) is 4.90 Å². The van der Waals surface area contributed by atoms with Crippen molar-refractivity contribution in [2.24, 2.45) is 0 Å². The van der Waals surface area contributed by atoms with Crippen LogP contribution in [0, 0.1) is 0 Å². The third-order valence-electron chi connectivity index (χ3n) is 1.63. The molecule has 0 spiro atoms. The highest BCUT2D eigenvalue weighted by atomic mass is 79.9. The molecule has 1 aromatic rings. The van der Waals surface area contributed by atoms with Crippen molar-refractivity contribution in [3.63, 3.8) is 0 Å². The summed E-state index contributed by atoms with van der Waals surface area (Å²) >= 11 is 3.38. The smallest absolute Gasteiger partial charge is 0.199 e. The van der Waals surface area contributed by atoms with Gasteiger partial charge in [-0.25, -0.2) is 0 Å². The molecule has 0 amide bonds. The van der Waals surface area contributed by atoms with Crippen LogP contribution in [0.5, 0.6) is 0 Å². The van der Waals surface area contributed by atoms with E-state index in [1.807, 2.05) is 35.4 Å². The van der Waals surface area contributed by atoms with Gasteiger partial charge in [0.2, 0.25) is 0 Å². The molecule has 1 heterocycles. The first-order valence-electron chi connectivity index (χ1n) is 3.60. The highest BCUT2D eigenvalue weighted by Crippen LogP contribution is 2.17. The molecule has 1 aliphatic rings. The number of rotatable bonds is 1. The molecule has 0 bridgehead atoms. The number of nitrogens with zero attached hydrogens (tertiary/aromatic N) is 2. The highest BCUT2D eigenvalue weighted by Gasteiger charge is 2.11. The monoisotopic (exact) mass is 222 g/mol. The summed E-state index contributed by atoms with van der Waals surface area (Å²) in [6.07, 6.45) is 5.47. The van der Waals surface area contributed by atoms with E-state index in [-0.39, 0.29) is 0 Å². The predicted molar refractivity (Wildman–Crippen MR) is 54.0 cm³/mol. The normalized spacial score (nSPS) is 14.2. The van der Waals surface area contributed by atoms with E-state index in [9.17, 15) is 0 Å². The van der Waals surface area contributed by atoms with Gasteiger partial charge in [0.15, 0.2) is 6.20 Å². The van der Waals surface area contributed by atoms with Crippen molar-refractivity contribution in [1.82, 2.24) is 4.99 Å². The first-order valence-corrected chi connectivity index (χ1v) is 4.39. The third-order valence-corrected chi connectivity index (χ3v) is 2.16. The van der Waals surface area contributed by atoms with Crippen LogP contribution in [0.3, 0.4) is 0 Å². The van der Waals surface area contributed by atoms with Crippen LogP contribution < -0.4 is 9.89 Å². The van der Waals surface area contributed by atoms with E-state index < -0.39 is 0 Å². The zero-order chi connectivity index (χ0) is 8.39. The molecule has 0 unspecified atom stereocenters. The molecule has 0 aliphatic carbocycles. The second kappa shape index (κ2) is 3.11. The molecule has 1 aromatic carbocycles. The molecular weight excluding hydrogens is 216 g/mol. The van der Waals surface area contributed by atoms with Crippen molar-refractivity contribution in [3.8, 4) is 0 Å². The SMILES string of the molecule is Brc1ccc(N2C=C[N+]=C2)cc1. The number of hydrogen-bond acceptors (Lipinski definition) is 2. The average molecular weight is 223 g/mol. The Morgan fingerprint density at radius 3 is 2.50 bits per heavy atom. The van der Waals surface area contributed by atoms with Crippen LogP contribution in [0.4, 0.5) is 5.69 Å². The lowest BCUT2D eigenvalue weighted by atomic mass is 10.3. The summed E-state index contributed by atoms with van der Waals surface area (Å²) in [5.41, 5.74) is 1.12. The molecule has 2 nitrogen and oxygen atoms in total. The molecule has 0 N–H and O–H groups in total. The Hall–Kier alpha value is -1.09. The summed E-state index contributed by atoms with van der Waals surface area (Å²) in [6, 6.07) is 8.09. The van der Waals surface area contributed by atoms with E-state index in [2.05, 4.69) is 20.9 Å². The van der Waals surface area contributed by atoms with E-state index in [1.165, 1.54) is 0 Å². The zero-order valence-electron chi connectivity index (χ0n) is 6.31. The number of anilines is 1. The molecule has 12 heavy (non-hydrogen) atoms. The van der Waals surface area contributed by atoms with Gasteiger partial charge in [0, 0.05) is 4.47 Å². The quantitative estimate of drug-likeness (QED) is 0.712. The average Bonchev–Trinajstić information content (AvgIpc) is 2.58. The number of hydrogen-bond donors (Lipinski definition) is 0. The Bertz CT molecular complexity index is 315. The number of aliphatic imine (C=N–C) groups is 1.